The molecule has 0 fully saturated rings. The zero-order valence-corrected chi connectivity index (χ0v) is 12.6. The van der Waals surface area contributed by atoms with Gasteiger partial charge in [-0.25, -0.2) is 4.98 Å². The maximum atomic E-state index is 12.4. The van der Waals surface area contributed by atoms with Crippen LogP contribution in [-0.4, -0.2) is 9.55 Å². The van der Waals surface area contributed by atoms with Crippen LogP contribution >= 0.6 is 15.9 Å². The van der Waals surface area contributed by atoms with Crippen molar-refractivity contribution in [3.8, 4) is 0 Å². The van der Waals surface area contributed by atoms with Crippen LogP contribution in [-0.2, 0) is 6.54 Å². The Morgan fingerprint density at radius 2 is 2.05 bits per heavy atom. The molecule has 0 spiro atoms. The van der Waals surface area contributed by atoms with E-state index in [1.807, 2.05) is 43.3 Å². The number of rotatable bonds is 2. The van der Waals surface area contributed by atoms with E-state index in [4.69, 9.17) is 0 Å². The van der Waals surface area contributed by atoms with Gasteiger partial charge in [-0.15, -0.1) is 0 Å². The van der Waals surface area contributed by atoms with Gasteiger partial charge in [0.1, 0.15) is 0 Å². The highest BCUT2D eigenvalue weighted by atomic mass is 79.9. The molecule has 0 saturated heterocycles. The summed E-state index contributed by atoms with van der Waals surface area (Å²) in [6.45, 7) is 2.59. The molecule has 2 aromatic carbocycles. The molecule has 20 heavy (non-hydrogen) atoms. The van der Waals surface area contributed by atoms with E-state index in [1.165, 1.54) is 5.56 Å². The first-order valence-electron chi connectivity index (χ1n) is 6.34. The van der Waals surface area contributed by atoms with E-state index in [0.717, 1.165) is 10.0 Å². The first kappa shape index (κ1) is 13.1. The van der Waals surface area contributed by atoms with Crippen molar-refractivity contribution in [2.24, 2.45) is 0 Å². The highest BCUT2D eigenvalue weighted by Gasteiger charge is 2.05. The van der Waals surface area contributed by atoms with E-state index in [0.29, 0.717) is 17.4 Å². The topological polar surface area (TPSA) is 34.9 Å². The highest BCUT2D eigenvalue weighted by molar-refractivity contribution is 9.10. The smallest absolute Gasteiger partial charge is 0.261 e. The average molecular weight is 329 g/mol. The van der Waals surface area contributed by atoms with Crippen molar-refractivity contribution in [1.82, 2.24) is 9.55 Å². The summed E-state index contributed by atoms with van der Waals surface area (Å²) in [5.74, 6) is 0. The molecule has 1 aromatic heterocycles. The fourth-order valence-corrected chi connectivity index (χ4v) is 2.60. The van der Waals surface area contributed by atoms with Crippen LogP contribution in [0.4, 0.5) is 0 Å². The van der Waals surface area contributed by atoms with Crippen molar-refractivity contribution in [3.05, 3.63) is 74.7 Å². The van der Waals surface area contributed by atoms with Crippen LogP contribution in [0.25, 0.3) is 10.9 Å². The maximum Gasteiger partial charge on any atom is 0.261 e. The van der Waals surface area contributed by atoms with E-state index in [-0.39, 0.29) is 5.56 Å². The van der Waals surface area contributed by atoms with Crippen LogP contribution in [0, 0.1) is 6.92 Å². The maximum absolute atomic E-state index is 12.4. The molecule has 0 aliphatic rings. The van der Waals surface area contributed by atoms with Gasteiger partial charge in [-0.05, 0) is 30.7 Å². The molecule has 0 aliphatic heterocycles. The van der Waals surface area contributed by atoms with Crippen molar-refractivity contribution in [2.75, 3.05) is 0 Å². The van der Waals surface area contributed by atoms with Crippen LogP contribution in [0.1, 0.15) is 11.1 Å². The molecular weight excluding hydrogens is 316 g/mol. The lowest BCUT2D eigenvalue weighted by atomic mass is 10.1. The quantitative estimate of drug-likeness (QED) is 0.721. The number of halogens is 1. The Labute approximate surface area is 125 Å². The first-order valence-corrected chi connectivity index (χ1v) is 7.13. The fourth-order valence-electron chi connectivity index (χ4n) is 2.25. The highest BCUT2D eigenvalue weighted by Crippen LogP contribution is 2.15. The zero-order valence-electron chi connectivity index (χ0n) is 11.0. The molecule has 4 heteroatoms. The number of nitrogens with zero attached hydrogens (tertiary/aromatic N) is 2. The average Bonchev–Trinajstić information content (AvgIpc) is 2.42. The fraction of sp³-hybridized carbons (Fsp3) is 0.125. The van der Waals surface area contributed by atoms with Crippen molar-refractivity contribution in [1.29, 1.82) is 0 Å². The molecule has 0 atom stereocenters. The van der Waals surface area contributed by atoms with E-state index in [1.54, 1.807) is 10.9 Å². The molecule has 100 valence electrons. The van der Waals surface area contributed by atoms with Crippen LogP contribution in [0.15, 0.2) is 58.1 Å². The molecule has 0 unspecified atom stereocenters. The second kappa shape index (κ2) is 5.21. The molecule has 0 bridgehead atoms. The standard InChI is InChI=1S/C16H13BrN2O/c1-11-3-2-4-12(7-11)9-19-10-18-15-8-13(17)5-6-14(15)16(19)20/h2-8,10H,9H2,1H3. The summed E-state index contributed by atoms with van der Waals surface area (Å²) in [7, 11) is 0. The van der Waals surface area contributed by atoms with Crippen LogP contribution < -0.4 is 5.56 Å². The van der Waals surface area contributed by atoms with Crippen molar-refractivity contribution in [3.63, 3.8) is 0 Å². The van der Waals surface area contributed by atoms with E-state index < -0.39 is 0 Å². The number of benzene rings is 2. The Balaban J connectivity index is 2.07. The van der Waals surface area contributed by atoms with Gasteiger partial charge in [0.15, 0.2) is 0 Å². The predicted molar refractivity (Wildman–Crippen MR) is 84.0 cm³/mol. The normalized spacial score (nSPS) is 10.9. The molecule has 3 aromatic rings. The second-order valence-corrected chi connectivity index (χ2v) is 5.74. The van der Waals surface area contributed by atoms with Gasteiger partial charge in [0.2, 0.25) is 0 Å². The minimum absolute atomic E-state index is 0.0102. The third kappa shape index (κ3) is 2.51. The lowest BCUT2D eigenvalue weighted by Gasteiger charge is -2.07. The minimum atomic E-state index is -0.0102. The van der Waals surface area contributed by atoms with Gasteiger partial charge in [-0.2, -0.15) is 0 Å². The first-order chi connectivity index (χ1) is 9.63. The summed E-state index contributed by atoms with van der Waals surface area (Å²) in [4.78, 5) is 16.8. The van der Waals surface area contributed by atoms with E-state index >= 15 is 0 Å². The molecule has 0 N–H and O–H groups in total. The van der Waals surface area contributed by atoms with Gasteiger partial charge in [0.05, 0.1) is 23.8 Å². The molecule has 0 radical (unpaired) electrons. The summed E-state index contributed by atoms with van der Waals surface area (Å²) < 4.78 is 2.57. The third-order valence-electron chi connectivity index (χ3n) is 3.22. The number of hydrogen-bond acceptors (Lipinski definition) is 2. The molecule has 1 heterocycles. The van der Waals surface area contributed by atoms with E-state index in [2.05, 4.69) is 27.0 Å². The summed E-state index contributed by atoms with van der Waals surface area (Å²) in [5.41, 5.74) is 2.99. The summed E-state index contributed by atoms with van der Waals surface area (Å²) in [6.07, 6.45) is 1.61. The number of aryl methyl sites for hydroxylation is 1. The third-order valence-corrected chi connectivity index (χ3v) is 3.72. The Hall–Kier alpha value is -1.94. The molecule has 3 nitrogen and oxygen atoms in total. The predicted octanol–water partition coefficient (Wildman–Crippen LogP) is 3.52. The molecule has 0 amide bonds. The molecule has 3 rings (SSSR count). The summed E-state index contributed by atoms with van der Waals surface area (Å²) >= 11 is 3.39. The van der Waals surface area contributed by atoms with Crippen molar-refractivity contribution in [2.45, 2.75) is 13.5 Å². The number of aromatic nitrogens is 2. The lowest BCUT2D eigenvalue weighted by Crippen LogP contribution is -2.21. The molecule has 0 saturated carbocycles. The molecular formula is C16H13BrN2O. The number of hydrogen-bond donors (Lipinski definition) is 0. The molecule has 0 aliphatic carbocycles. The van der Waals surface area contributed by atoms with Crippen molar-refractivity contribution >= 4 is 26.8 Å². The van der Waals surface area contributed by atoms with E-state index in [9.17, 15) is 4.79 Å². The summed E-state index contributed by atoms with van der Waals surface area (Å²) in [6, 6.07) is 13.7. The Kier molecular flexibility index (Phi) is 3.40. The SMILES string of the molecule is Cc1cccc(Cn2cnc3cc(Br)ccc3c2=O)c1. The van der Waals surface area contributed by atoms with Gasteiger partial charge in [-0.3, -0.25) is 9.36 Å². The van der Waals surface area contributed by atoms with Crippen LogP contribution in [0.2, 0.25) is 0 Å². The lowest BCUT2D eigenvalue weighted by molar-refractivity contribution is 0.748. The van der Waals surface area contributed by atoms with Gasteiger partial charge < -0.3 is 0 Å². The van der Waals surface area contributed by atoms with Gasteiger partial charge in [0.25, 0.3) is 5.56 Å². The minimum Gasteiger partial charge on any atom is -0.294 e. The Morgan fingerprint density at radius 1 is 1.20 bits per heavy atom. The zero-order chi connectivity index (χ0) is 14.1. The Bertz CT molecular complexity index is 839. The van der Waals surface area contributed by atoms with Crippen LogP contribution in [0.5, 0.6) is 0 Å². The summed E-state index contributed by atoms with van der Waals surface area (Å²) in [5, 5.41) is 0.642. The monoisotopic (exact) mass is 328 g/mol. The van der Waals surface area contributed by atoms with Crippen molar-refractivity contribution < 1.29 is 0 Å². The Morgan fingerprint density at radius 3 is 2.85 bits per heavy atom. The second-order valence-electron chi connectivity index (χ2n) is 4.83. The van der Waals surface area contributed by atoms with Gasteiger partial charge in [0, 0.05) is 4.47 Å². The van der Waals surface area contributed by atoms with Gasteiger partial charge in [-0.1, -0.05) is 45.8 Å². The number of fused-ring (bicyclic) bond motifs is 1. The van der Waals surface area contributed by atoms with Gasteiger partial charge >= 0.3 is 0 Å². The van der Waals surface area contributed by atoms with Crippen LogP contribution in [0.3, 0.4) is 0 Å². The largest absolute Gasteiger partial charge is 0.294 e.